The van der Waals surface area contributed by atoms with Gasteiger partial charge in [0, 0.05) is 13.1 Å². The standard InChI is InChI=1S/C11H17FN2O2S/c1-9(7-13-2)17(15,16)14-8-10-4-3-5-11(12)6-10/h3-6,9,13-14H,7-8H2,1-2H3. The zero-order valence-electron chi connectivity index (χ0n) is 9.90. The second kappa shape index (κ2) is 6.09. The van der Waals surface area contributed by atoms with Crippen LogP contribution in [0.25, 0.3) is 0 Å². The molecule has 0 saturated heterocycles. The second-order valence-electron chi connectivity index (χ2n) is 3.86. The summed E-state index contributed by atoms with van der Waals surface area (Å²) in [4.78, 5) is 0. The highest BCUT2D eigenvalue weighted by Gasteiger charge is 2.19. The van der Waals surface area contributed by atoms with Crippen molar-refractivity contribution in [2.24, 2.45) is 0 Å². The summed E-state index contributed by atoms with van der Waals surface area (Å²) in [6.45, 7) is 2.09. The van der Waals surface area contributed by atoms with Crippen LogP contribution in [-0.4, -0.2) is 27.3 Å². The lowest BCUT2D eigenvalue weighted by Crippen LogP contribution is -2.37. The van der Waals surface area contributed by atoms with Crippen LogP contribution in [0.5, 0.6) is 0 Å². The highest BCUT2D eigenvalue weighted by molar-refractivity contribution is 7.90. The highest BCUT2D eigenvalue weighted by atomic mass is 32.2. The van der Waals surface area contributed by atoms with Crippen molar-refractivity contribution < 1.29 is 12.8 Å². The fourth-order valence-corrected chi connectivity index (χ4v) is 2.41. The number of hydrogen-bond donors (Lipinski definition) is 2. The van der Waals surface area contributed by atoms with Gasteiger partial charge in [-0.15, -0.1) is 0 Å². The minimum Gasteiger partial charge on any atom is -0.318 e. The van der Waals surface area contributed by atoms with E-state index < -0.39 is 15.3 Å². The summed E-state index contributed by atoms with van der Waals surface area (Å²) in [6, 6.07) is 5.86. The number of nitrogens with one attached hydrogen (secondary N) is 2. The SMILES string of the molecule is CNCC(C)S(=O)(=O)NCc1cccc(F)c1. The molecule has 96 valence electrons. The first-order chi connectivity index (χ1) is 7.95. The van der Waals surface area contributed by atoms with Crippen molar-refractivity contribution >= 4 is 10.0 Å². The minimum absolute atomic E-state index is 0.105. The predicted molar refractivity (Wildman–Crippen MR) is 65.5 cm³/mol. The molecule has 0 bridgehead atoms. The summed E-state index contributed by atoms with van der Waals surface area (Å²) in [5.74, 6) is -0.370. The van der Waals surface area contributed by atoms with Crippen molar-refractivity contribution in [3.05, 3.63) is 35.6 Å². The van der Waals surface area contributed by atoms with E-state index >= 15 is 0 Å². The quantitative estimate of drug-likeness (QED) is 0.797. The maximum absolute atomic E-state index is 12.9. The van der Waals surface area contributed by atoms with Crippen molar-refractivity contribution in [2.75, 3.05) is 13.6 Å². The van der Waals surface area contributed by atoms with Crippen LogP contribution in [0.3, 0.4) is 0 Å². The molecule has 1 unspecified atom stereocenters. The van der Waals surface area contributed by atoms with Gasteiger partial charge in [-0.05, 0) is 31.7 Å². The van der Waals surface area contributed by atoms with Gasteiger partial charge in [-0.1, -0.05) is 12.1 Å². The Bertz CT molecular complexity index is 462. The third-order valence-corrected chi connectivity index (χ3v) is 4.16. The third-order valence-electron chi connectivity index (χ3n) is 2.39. The van der Waals surface area contributed by atoms with E-state index in [0.717, 1.165) is 0 Å². The number of benzene rings is 1. The van der Waals surface area contributed by atoms with Crippen molar-refractivity contribution in [1.29, 1.82) is 0 Å². The van der Waals surface area contributed by atoms with Crippen LogP contribution in [0, 0.1) is 5.82 Å². The zero-order chi connectivity index (χ0) is 12.9. The summed E-state index contributed by atoms with van der Waals surface area (Å²) < 4.78 is 38.8. The van der Waals surface area contributed by atoms with Gasteiger partial charge in [0.15, 0.2) is 0 Å². The first-order valence-corrected chi connectivity index (χ1v) is 6.88. The van der Waals surface area contributed by atoms with E-state index in [1.807, 2.05) is 0 Å². The molecule has 2 N–H and O–H groups in total. The van der Waals surface area contributed by atoms with Gasteiger partial charge >= 0.3 is 0 Å². The molecule has 0 aromatic heterocycles. The Morgan fingerprint density at radius 3 is 2.71 bits per heavy atom. The normalized spacial score (nSPS) is 13.6. The van der Waals surface area contributed by atoms with E-state index in [4.69, 9.17) is 0 Å². The Morgan fingerprint density at radius 2 is 2.12 bits per heavy atom. The number of rotatable bonds is 6. The molecule has 0 radical (unpaired) electrons. The largest absolute Gasteiger partial charge is 0.318 e. The summed E-state index contributed by atoms with van der Waals surface area (Å²) >= 11 is 0. The minimum atomic E-state index is -3.37. The molecule has 1 rings (SSSR count). The average molecular weight is 260 g/mol. The van der Waals surface area contributed by atoms with Crippen LogP contribution in [0.1, 0.15) is 12.5 Å². The van der Waals surface area contributed by atoms with E-state index in [0.29, 0.717) is 12.1 Å². The fraction of sp³-hybridized carbons (Fsp3) is 0.455. The molecule has 0 saturated carbocycles. The van der Waals surface area contributed by atoms with Gasteiger partial charge in [-0.3, -0.25) is 0 Å². The first-order valence-electron chi connectivity index (χ1n) is 5.33. The predicted octanol–water partition coefficient (Wildman–Crippen LogP) is 0.853. The lowest BCUT2D eigenvalue weighted by atomic mass is 10.2. The molecule has 0 aliphatic carbocycles. The molecule has 0 aliphatic rings. The van der Waals surface area contributed by atoms with Crippen LogP contribution in [0.15, 0.2) is 24.3 Å². The van der Waals surface area contributed by atoms with Crippen LogP contribution in [0.4, 0.5) is 4.39 Å². The Morgan fingerprint density at radius 1 is 1.41 bits per heavy atom. The summed E-state index contributed by atoms with van der Waals surface area (Å²) in [5.41, 5.74) is 0.602. The smallest absolute Gasteiger partial charge is 0.215 e. The monoisotopic (exact) mass is 260 g/mol. The van der Waals surface area contributed by atoms with Crippen LogP contribution in [-0.2, 0) is 16.6 Å². The molecule has 1 atom stereocenters. The van der Waals surface area contributed by atoms with E-state index in [9.17, 15) is 12.8 Å². The topological polar surface area (TPSA) is 58.2 Å². The lowest BCUT2D eigenvalue weighted by Gasteiger charge is -2.13. The van der Waals surface area contributed by atoms with Crippen LogP contribution in [0.2, 0.25) is 0 Å². The molecule has 17 heavy (non-hydrogen) atoms. The first kappa shape index (κ1) is 14.1. The summed E-state index contributed by atoms with van der Waals surface area (Å²) in [6.07, 6.45) is 0. The average Bonchev–Trinajstić information content (AvgIpc) is 2.27. The molecule has 0 heterocycles. The van der Waals surface area contributed by atoms with E-state index in [2.05, 4.69) is 10.0 Å². The Kier molecular flexibility index (Phi) is 5.04. The Labute approximate surface area is 101 Å². The number of halogens is 1. The second-order valence-corrected chi connectivity index (χ2v) is 6.05. The van der Waals surface area contributed by atoms with Gasteiger partial charge < -0.3 is 5.32 Å². The Hall–Kier alpha value is -0.980. The van der Waals surface area contributed by atoms with E-state index in [1.54, 1.807) is 26.1 Å². The molecular weight excluding hydrogens is 243 g/mol. The Balaban J connectivity index is 2.61. The van der Waals surface area contributed by atoms with Gasteiger partial charge in [0.2, 0.25) is 10.0 Å². The van der Waals surface area contributed by atoms with Crippen molar-refractivity contribution in [3.8, 4) is 0 Å². The van der Waals surface area contributed by atoms with Crippen molar-refractivity contribution in [1.82, 2.24) is 10.0 Å². The molecule has 0 amide bonds. The van der Waals surface area contributed by atoms with Gasteiger partial charge in [0.25, 0.3) is 0 Å². The van der Waals surface area contributed by atoms with E-state index in [-0.39, 0.29) is 12.4 Å². The summed E-state index contributed by atoms with van der Waals surface area (Å²) in [7, 11) is -1.68. The lowest BCUT2D eigenvalue weighted by molar-refractivity contribution is 0.562. The van der Waals surface area contributed by atoms with Gasteiger partial charge in [0.05, 0.1) is 5.25 Å². The zero-order valence-corrected chi connectivity index (χ0v) is 10.7. The molecule has 0 aliphatic heterocycles. The maximum atomic E-state index is 12.9. The maximum Gasteiger partial charge on any atom is 0.215 e. The summed E-state index contributed by atoms with van der Waals surface area (Å²) in [5, 5.41) is 2.27. The van der Waals surface area contributed by atoms with Gasteiger partial charge in [-0.25, -0.2) is 17.5 Å². The molecule has 6 heteroatoms. The van der Waals surface area contributed by atoms with Crippen molar-refractivity contribution in [2.45, 2.75) is 18.7 Å². The fourth-order valence-electron chi connectivity index (χ4n) is 1.37. The number of sulfonamides is 1. The highest BCUT2D eigenvalue weighted by Crippen LogP contribution is 2.05. The molecule has 1 aromatic rings. The van der Waals surface area contributed by atoms with E-state index in [1.165, 1.54) is 12.1 Å². The molecule has 1 aromatic carbocycles. The van der Waals surface area contributed by atoms with Crippen molar-refractivity contribution in [3.63, 3.8) is 0 Å². The molecule has 0 spiro atoms. The van der Waals surface area contributed by atoms with Crippen LogP contribution >= 0.6 is 0 Å². The molecule has 4 nitrogen and oxygen atoms in total. The molecular formula is C11H17FN2O2S. The van der Waals surface area contributed by atoms with Gasteiger partial charge in [-0.2, -0.15) is 0 Å². The number of hydrogen-bond acceptors (Lipinski definition) is 3. The van der Waals surface area contributed by atoms with Gasteiger partial charge in [0.1, 0.15) is 5.82 Å². The third kappa shape index (κ3) is 4.41. The van der Waals surface area contributed by atoms with Crippen LogP contribution < -0.4 is 10.0 Å². The molecule has 0 fully saturated rings.